The summed E-state index contributed by atoms with van der Waals surface area (Å²) < 4.78 is 44.8. The number of rotatable bonds is 7. The highest BCUT2D eigenvalue weighted by Crippen LogP contribution is 2.38. The Bertz CT molecular complexity index is 1250. The van der Waals surface area contributed by atoms with Crippen LogP contribution in [-0.4, -0.2) is 27.2 Å². The molecule has 1 aliphatic heterocycles. The molecule has 166 valence electrons. The van der Waals surface area contributed by atoms with Crippen LogP contribution in [0.25, 0.3) is 0 Å². The molecule has 0 amide bonds. The predicted octanol–water partition coefficient (Wildman–Crippen LogP) is 3.87. The van der Waals surface area contributed by atoms with Crippen LogP contribution in [0.1, 0.15) is 11.1 Å². The Hall–Kier alpha value is -3.63. The van der Waals surface area contributed by atoms with Gasteiger partial charge in [-0.25, -0.2) is 8.42 Å². The van der Waals surface area contributed by atoms with Crippen LogP contribution in [0.5, 0.6) is 11.5 Å². The van der Waals surface area contributed by atoms with Crippen molar-refractivity contribution >= 4 is 21.4 Å². The van der Waals surface area contributed by atoms with Crippen LogP contribution in [0.15, 0.2) is 71.6 Å². The van der Waals surface area contributed by atoms with Gasteiger partial charge >= 0.3 is 0 Å². The van der Waals surface area contributed by atoms with Gasteiger partial charge in [0.15, 0.2) is 6.79 Å². The molecule has 4 rings (SSSR count). The van der Waals surface area contributed by atoms with E-state index in [1.807, 2.05) is 0 Å². The normalized spacial score (nSPS) is 13.0. The van der Waals surface area contributed by atoms with Crippen LogP contribution in [0.3, 0.4) is 0 Å². The average Bonchev–Trinajstić information content (AvgIpc) is 2.82. The van der Waals surface area contributed by atoms with Gasteiger partial charge in [-0.05, 0) is 24.3 Å². The molecule has 9 nitrogen and oxygen atoms in total. The van der Waals surface area contributed by atoms with Crippen molar-refractivity contribution in [1.29, 1.82) is 0 Å². The second-order valence-electron chi connectivity index (χ2n) is 6.96. The number of nitrogens with zero attached hydrogens (tertiary/aromatic N) is 2. The molecule has 0 unspecified atom stereocenters. The van der Waals surface area contributed by atoms with Crippen LogP contribution in [0, 0.1) is 10.1 Å². The molecule has 0 atom stereocenters. The number of anilines is 1. The Balaban J connectivity index is 1.89. The van der Waals surface area contributed by atoms with E-state index in [1.165, 1.54) is 35.7 Å². The summed E-state index contributed by atoms with van der Waals surface area (Å²) in [6.07, 6.45) is 0. The molecule has 0 fully saturated rings. The van der Waals surface area contributed by atoms with E-state index in [1.54, 1.807) is 42.5 Å². The summed E-state index contributed by atoms with van der Waals surface area (Å²) in [5.41, 5.74) is 0.955. The standard InChI is InChI=1S/C22H20N2O7S/c1-29-21-10-6-5-9-20(21)23(32(27,28)19-7-3-2-4-8-19)13-16-11-18(24(25)26)12-17-14-30-15-31-22(16)17/h2-12H,13-15H2,1H3. The molecule has 1 aliphatic rings. The van der Waals surface area contributed by atoms with Gasteiger partial charge in [0.1, 0.15) is 11.5 Å². The molecular weight excluding hydrogens is 436 g/mol. The molecule has 10 heteroatoms. The van der Waals surface area contributed by atoms with E-state index in [2.05, 4.69) is 0 Å². The number of nitro benzene ring substituents is 1. The first kappa shape index (κ1) is 21.6. The van der Waals surface area contributed by atoms with Gasteiger partial charge in [0.25, 0.3) is 15.7 Å². The summed E-state index contributed by atoms with van der Waals surface area (Å²) in [7, 11) is -2.60. The smallest absolute Gasteiger partial charge is 0.270 e. The quantitative estimate of drug-likeness (QED) is 0.392. The highest BCUT2D eigenvalue weighted by Gasteiger charge is 2.30. The van der Waals surface area contributed by atoms with Crippen molar-refractivity contribution in [2.24, 2.45) is 0 Å². The van der Waals surface area contributed by atoms with Crippen molar-refractivity contribution in [1.82, 2.24) is 0 Å². The molecule has 0 radical (unpaired) electrons. The lowest BCUT2D eigenvalue weighted by atomic mass is 10.1. The fraction of sp³-hybridized carbons (Fsp3) is 0.182. The van der Waals surface area contributed by atoms with Gasteiger partial charge < -0.3 is 14.2 Å². The minimum absolute atomic E-state index is 0.0299. The summed E-state index contributed by atoms with van der Waals surface area (Å²) >= 11 is 0. The van der Waals surface area contributed by atoms with Gasteiger partial charge in [-0.1, -0.05) is 30.3 Å². The molecule has 0 saturated heterocycles. The van der Waals surface area contributed by atoms with E-state index in [9.17, 15) is 18.5 Å². The SMILES string of the molecule is COc1ccccc1N(Cc1cc([N+](=O)[O-])cc2c1OCOC2)S(=O)(=O)c1ccccc1. The number of hydrogen-bond acceptors (Lipinski definition) is 7. The van der Waals surface area contributed by atoms with Gasteiger partial charge in [0, 0.05) is 23.3 Å². The first-order valence-electron chi connectivity index (χ1n) is 9.63. The largest absolute Gasteiger partial charge is 0.495 e. The number of benzene rings is 3. The van der Waals surface area contributed by atoms with E-state index in [0.717, 1.165) is 0 Å². The fourth-order valence-electron chi connectivity index (χ4n) is 3.51. The molecule has 3 aromatic carbocycles. The number of methoxy groups -OCH3 is 1. The Morgan fingerprint density at radius 3 is 2.53 bits per heavy atom. The third kappa shape index (κ3) is 4.10. The summed E-state index contributed by atoms with van der Waals surface area (Å²) in [5.74, 6) is 0.723. The monoisotopic (exact) mass is 456 g/mol. The van der Waals surface area contributed by atoms with Crippen molar-refractivity contribution in [3.8, 4) is 11.5 Å². The van der Waals surface area contributed by atoms with Crippen molar-refractivity contribution in [3.63, 3.8) is 0 Å². The Labute approximate surface area is 185 Å². The lowest BCUT2D eigenvalue weighted by Crippen LogP contribution is -2.31. The van der Waals surface area contributed by atoms with Crippen LogP contribution in [0.4, 0.5) is 11.4 Å². The number of nitro groups is 1. The second-order valence-corrected chi connectivity index (χ2v) is 8.82. The van der Waals surface area contributed by atoms with E-state index in [-0.39, 0.29) is 30.5 Å². The molecular formula is C22H20N2O7S. The van der Waals surface area contributed by atoms with E-state index in [4.69, 9.17) is 14.2 Å². The number of fused-ring (bicyclic) bond motifs is 1. The van der Waals surface area contributed by atoms with Crippen molar-refractivity contribution in [2.75, 3.05) is 18.2 Å². The first-order valence-corrected chi connectivity index (χ1v) is 11.1. The van der Waals surface area contributed by atoms with Crippen LogP contribution in [-0.2, 0) is 27.9 Å². The fourth-order valence-corrected chi connectivity index (χ4v) is 4.99. The predicted molar refractivity (Wildman–Crippen MR) is 116 cm³/mol. The van der Waals surface area contributed by atoms with Crippen molar-refractivity contribution < 1.29 is 27.6 Å². The number of para-hydroxylation sites is 2. The zero-order chi connectivity index (χ0) is 22.7. The third-order valence-corrected chi connectivity index (χ3v) is 6.76. The van der Waals surface area contributed by atoms with Crippen LogP contribution < -0.4 is 13.8 Å². The minimum Gasteiger partial charge on any atom is -0.495 e. The Morgan fingerprint density at radius 2 is 1.81 bits per heavy atom. The first-order chi connectivity index (χ1) is 15.4. The molecule has 0 aliphatic carbocycles. The number of ether oxygens (including phenoxy) is 3. The molecule has 0 saturated carbocycles. The maximum absolute atomic E-state index is 13.7. The minimum atomic E-state index is -4.05. The summed E-state index contributed by atoms with van der Waals surface area (Å²) in [6.45, 7) is -0.108. The van der Waals surface area contributed by atoms with Crippen molar-refractivity contribution in [3.05, 3.63) is 88.0 Å². The van der Waals surface area contributed by atoms with Crippen LogP contribution >= 0.6 is 0 Å². The van der Waals surface area contributed by atoms with Gasteiger partial charge in [-0.3, -0.25) is 14.4 Å². The number of hydrogen-bond donors (Lipinski definition) is 0. The highest BCUT2D eigenvalue weighted by molar-refractivity contribution is 7.92. The second kappa shape index (κ2) is 8.85. The molecule has 1 heterocycles. The molecule has 0 spiro atoms. The highest BCUT2D eigenvalue weighted by atomic mass is 32.2. The van der Waals surface area contributed by atoms with Gasteiger partial charge in [0.2, 0.25) is 0 Å². The van der Waals surface area contributed by atoms with E-state index >= 15 is 0 Å². The lowest BCUT2D eigenvalue weighted by Gasteiger charge is -2.28. The molecule has 3 aromatic rings. The van der Waals surface area contributed by atoms with Gasteiger partial charge in [-0.2, -0.15) is 0 Å². The van der Waals surface area contributed by atoms with Gasteiger partial charge in [-0.15, -0.1) is 0 Å². The Kier molecular flexibility index (Phi) is 5.97. The van der Waals surface area contributed by atoms with E-state index in [0.29, 0.717) is 28.3 Å². The third-order valence-electron chi connectivity index (χ3n) is 4.98. The van der Waals surface area contributed by atoms with Crippen LogP contribution in [0.2, 0.25) is 0 Å². The molecule has 32 heavy (non-hydrogen) atoms. The topological polar surface area (TPSA) is 108 Å². The molecule has 0 aromatic heterocycles. The zero-order valence-electron chi connectivity index (χ0n) is 17.1. The number of non-ortho nitro benzene ring substituents is 1. The maximum atomic E-state index is 13.7. The zero-order valence-corrected chi connectivity index (χ0v) is 17.9. The maximum Gasteiger partial charge on any atom is 0.270 e. The molecule has 0 bridgehead atoms. The summed E-state index contributed by atoms with van der Waals surface area (Å²) in [5, 5.41) is 11.5. The average molecular weight is 456 g/mol. The number of sulfonamides is 1. The molecule has 0 N–H and O–H groups in total. The Morgan fingerprint density at radius 1 is 1.09 bits per heavy atom. The lowest BCUT2D eigenvalue weighted by molar-refractivity contribution is -0.385. The summed E-state index contributed by atoms with van der Waals surface area (Å²) in [6, 6.07) is 17.3. The summed E-state index contributed by atoms with van der Waals surface area (Å²) in [4.78, 5) is 11.0. The van der Waals surface area contributed by atoms with E-state index < -0.39 is 14.9 Å². The van der Waals surface area contributed by atoms with Gasteiger partial charge in [0.05, 0.1) is 35.8 Å². The van der Waals surface area contributed by atoms with Crippen molar-refractivity contribution in [2.45, 2.75) is 18.0 Å².